The fourth-order valence-electron chi connectivity index (χ4n) is 2.08. The number of aldehydes is 1. The van der Waals surface area contributed by atoms with Gasteiger partial charge >= 0.3 is 6.09 Å². The van der Waals surface area contributed by atoms with Gasteiger partial charge in [-0.1, -0.05) is 0 Å². The molecule has 7 nitrogen and oxygen atoms in total. The summed E-state index contributed by atoms with van der Waals surface area (Å²) in [6.45, 7) is 1.28. The molecule has 1 aromatic rings. The van der Waals surface area contributed by atoms with Crippen molar-refractivity contribution < 1.29 is 23.8 Å². The summed E-state index contributed by atoms with van der Waals surface area (Å²) in [5.41, 5.74) is -0.402. The third-order valence-electron chi connectivity index (χ3n) is 3.29. The lowest BCUT2D eigenvalue weighted by molar-refractivity contribution is 0.108. The molecule has 1 saturated heterocycles. The van der Waals surface area contributed by atoms with Gasteiger partial charge in [0.2, 0.25) is 11.2 Å². The number of piperidine rings is 1. The number of likely N-dealkylation sites (tertiary alicyclic amines) is 1. The minimum Gasteiger partial charge on any atom is -0.486 e. The summed E-state index contributed by atoms with van der Waals surface area (Å²) in [4.78, 5) is 34.1. The second kappa shape index (κ2) is 6.23. The lowest BCUT2D eigenvalue weighted by atomic mass is 9.98. The third-order valence-corrected chi connectivity index (χ3v) is 3.29. The van der Waals surface area contributed by atoms with Gasteiger partial charge in [-0.15, -0.1) is 0 Å². The van der Waals surface area contributed by atoms with Crippen molar-refractivity contribution in [2.45, 2.75) is 12.8 Å². The second-order valence-electron chi connectivity index (χ2n) is 4.65. The molecule has 0 aromatic carbocycles. The first-order valence-corrected chi connectivity index (χ1v) is 6.29. The first-order valence-electron chi connectivity index (χ1n) is 6.29. The predicted octanol–water partition coefficient (Wildman–Crippen LogP) is 1.22. The summed E-state index contributed by atoms with van der Waals surface area (Å²) >= 11 is 0. The molecule has 1 N–H and O–H groups in total. The maximum absolute atomic E-state index is 11.6. The van der Waals surface area contributed by atoms with Gasteiger partial charge in [-0.3, -0.25) is 9.59 Å². The van der Waals surface area contributed by atoms with E-state index in [0.717, 1.165) is 12.3 Å². The van der Waals surface area contributed by atoms with E-state index in [1.165, 1.54) is 4.90 Å². The maximum atomic E-state index is 11.6. The molecule has 1 aromatic heterocycles. The quantitative estimate of drug-likeness (QED) is 0.833. The molecule has 0 bridgehead atoms. The zero-order valence-electron chi connectivity index (χ0n) is 10.8. The highest BCUT2D eigenvalue weighted by Crippen LogP contribution is 2.18. The molecule has 0 unspecified atom stereocenters. The number of hydrogen-bond acceptors (Lipinski definition) is 5. The SMILES string of the molecule is O=Cc1cc(=O)c(OCC2CCN(C(=O)O)CC2)co1. The topological polar surface area (TPSA) is 97.1 Å². The summed E-state index contributed by atoms with van der Waals surface area (Å²) in [6.07, 6.45) is 2.06. The van der Waals surface area contributed by atoms with Crippen molar-refractivity contribution in [1.82, 2.24) is 4.90 Å². The van der Waals surface area contributed by atoms with Crippen LogP contribution in [-0.4, -0.2) is 42.1 Å². The van der Waals surface area contributed by atoms with Crippen molar-refractivity contribution in [2.24, 2.45) is 5.92 Å². The number of hydrogen-bond donors (Lipinski definition) is 1. The summed E-state index contributed by atoms with van der Waals surface area (Å²) < 4.78 is 10.3. The van der Waals surface area contributed by atoms with E-state index in [2.05, 4.69) is 0 Å². The van der Waals surface area contributed by atoms with Crippen LogP contribution in [-0.2, 0) is 0 Å². The van der Waals surface area contributed by atoms with E-state index in [-0.39, 0.29) is 17.4 Å². The summed E-state index contributed by atoms with van der Waals surface area (Å²) in [5, 5.41) is 8.83. The smallest absolute Gasteiger partial charge is 0.407 e. The van der Waals surface area contributed by atoms with Crippen LogP contribution in [0.4, 0.5) is 4.79 Å². The Hall–Kier alpha value is -2.31. The number of rotatable bonds is 4. The van der Waals surface area contributed by atoms with Gasteiger partial charge in [0, 0.05) is 19.2 Å². The molecule has 0 radical (unpaired) electrons. The van der Waals surface area contributed by atoms with Gasteiger partial charge in [0.15, 0.2) is 12.0 Å². The molecule has 7 heteroatoms. The van der Waals surface area contributed by atoms with E-state index in [1.54, 1.807) is 0 Å². The molecular weight excluding hydrogens is 266 g/mol. The van der Waals surface area contributed by atoms with E-state index < -0.39 is 11.5 Å². The molecule has 1 aliphatic heterocycles. The fraction of sp³-hybridized carbons (Fsp3) is 0.462. The summed E-state index contributed by atoms with van der Waals surface area (Å²) in [7, 11) is 0. The molecule has 0 spiro atoms. The summed E-state index contributed by atoms with van der Waals surface area (Å²) in [5.74, 6) is 0.226. The Bertz CT molecular complexity index is 544. The number of amides is 1. The van der Waals surface area contributed by atoms with E-state index >= 15 is 0 Å². The monoisotopic (exact) mass is 281 g/mol. The molecule has 0 saturated carbocycles. The van der Waals surface area contributed by atoms with Crippen molar-refractivity contribution >= 4 is 12.4 Å². The Kier molecular flexibility index (Phi) is 4.39. The van der Waals surface area contributed by atoms with Crippen LogP contribution in [0.15, 0.2) is 21.5 Å². The molecule has 0 aliphatic carbocycles. The van der Waals surface area contributed by atoms with Crippen LogP contribution >= 0.6 is 0 Å². The van der Waals surface area contributed by atoms with Gasteiger partial charge in [0.1, 0.15) is 6.26 Å². The van der Waals surface area contributed by atoms with Crippen molar-refractivity contribution in [1.29, 1.82) is 0 Å². The molecule has 2 heterocycles. The van der Waals surface area contributed by atoms with Crippen LogP contribution in [0.3, 0.4) is 0 Å². The largest absolute Gasteiger partial charge is 0.486 e. The van der Waals surface area contributed by atoms with Gasteiger partial charge in [-0.25, -0.2) is 4.79 Å². The van der Waals surface area contributed by atoms with Gasteiger partial charge in [0.05, 0.1) is 6.61 Å². The molecule has 2 rings (SSSR count). The van der Waals surface area contributed by atoms with Gasteiger partial charge in [-0.2, -0.15) is 0 Å². The van der Waals surface area contributed by atoms with Crippen LogP contribution in [0, 0.1) is 5.92 Å². The molecule has 1 fully saturated rings. The first kappa shape index (κ1) is 14.1. The van der Waals surface area contributed by atoms with Crippen LogP contribution in [0.25, 0.3) is 0 Å². The Morgan fingerprint density at radius 3 is 2.75 bits per heavy atom. The second-order valence-corrected chi connectivity index (χ2v) is 4.65. The number of carboxylic acid groups (broad SMARTS) is 1. The highest BCUT2D eigenvalue weighted by atomic mass is 16.5. The number of nitrogens with zero attached hydrogens (tertiary/aromatic N) is 1. The highest BCUT2D eigenvalue weighted by molar-refractivity contribution is 5.70. The van der Waals surface area contributed by atoms with E-state index in [9.17, 15) is 14.4 Å². The minimum absolute atomic E-state index is 0.0443. The standard InChI is InChI=1S/C13H15NO6/c15-6-10-5-11(16)12(8-19-10)20-7-9-1-3-14(4-2-9)13(17)18/h5-6,8-9H,1-4,7H2,(H,17,18). The average molecular weight is 281 g/mol. The van der Waals surface area contributed by atoms with Crippen LogP contribution in [0.2, 0.25) is 0 Å². The van der Waals surface area contributed by atoms with Crippen LogP contribution in [0.1, 0.15) is 23.4 Å². The Balaban J connectivity index is 1.86. The Morgan fingerprint density at radius 1 is 1.50 bits per heavy atom. The summed E-state index contributed by atoms with van der Waals surface area (Å²) in [6, 6.07) is 1.08. The number of carbonyl (C=O) groups excluding carboxylic acids is 1. The van der Waals surface area contributed by atoms with Crippen molar-refractivity contribution in [3.8, 4) is 5.75 Å². The molecule has 0 atom stereocenters. The number of ether oxygens (including phenoxy) is 1. The highest BCUT2D eigenvalue weighted by Gasteiger charge is 2.22. The lowest BCUT2D eigenvalue weighted by Crippen LogP contribution is -2.38. The Morgan fingerprint density at radius 2 is 2.20 bits per heavy atom. The van der Waals surface area contributed by atoms with E-state index in [0.29, 0.717) is 38.8 Å². The normalized spacial score (nSPS) is 15.9. The van der Waals surface area contributed by atoms with Crippen LogP contribution < -0.4 is 10.2 Å². The van der Waals surface area contributed by atoms with Gasteiger partial charge < -0.3 is 19.2 Å². The van der Waals surface area contributed by atoms with Gasteiger partial charge in [-0.05, 0) is 18.8 Å². The third kappa shape index (κ3) is 3.37. The zero-order chi connectivity index (χ0) is 14.5. The number of carbonyl (C=O) groups is 2. The van der Waals surface area contributed by atoms with Crippen molar-refractivity contribution in [3.63, 3.8) is 0 Å². The fourth-order valence-corrected chi connectivity index (χ4v) is 2.08. The molecular formula is C13H15NO6. The first-order chi connectivity index (χ1) is 9.60. The Labute approximate surface area is 114 Å². The van der Waals surface area contributed by atoms with E-state index in [1.807, 2.05) is 0 Å². The zero-order valence-corrected chi connectivity index (χ0v) is 10.8. The maximum Gasteiger partial charge on any atom is 0.407 e. The predicted molar refractivity (Wildman–Crippen MR) is 68.2 cm³/mol. The molecule has 1 aliphatic rings. The molecule has 108 valence electrons. The molecule has 20 heavy (non-hydrogen) atoms. The van der Waals surface area contributed by atoms with Gasteiger partial charge in [0.25, 0.3) is 0 Å². The molecule has 1 amide bonds. The van der Waals surface area contributed by atoms with Crippen LogP contribution in [0.5, 0.6) is 5.75 Å². The van der Waals surface area contributed by atoms with Crippen molar-refractivity contribution in [2.75, 3.05) is 19.7 Å². The minimum atomic E-state index is -0.908. The lowest BCUT2D eigenvalue weighted by Gasteiger charge is -2.29. The van der Waals surface area contributed by atoms with E-state index in [4.69, 9.17) is 14.3 Å². The average Bonchev–Trinajstić information content (AvgIpc) is 2.46. The van der Waals surface area contributed by atoms with Crippen molar-refractivity contribution in [3.05, 3.63) is 28.3 Å².